The average molecular weight is 282 g/mol. The van der Waals surface area contributed by atoms with Gasteiger partial charge in [0.1, 0.15) is 5.54 Å². The number of benzene rings is 2. The summed E-state index contributed by atoms with van der Waals surface area (Å²) < 4.78 is 0. The van der Waals surface area contributed by atoms with E-state index in [0.29, 0.717) is 6.54 Å². The Morgan fingerprint density at radius 3 is 2.57 bits per heavy atom. The van der Waals surface area contributed by atoms with Crippen LogP contribution in [0, 0.1) is 0 Å². The van der Waals surface area contributed by atoms with Gasteiger partial charge >= 0.3 is 6.03 Å². The van der Waals surface area contributed by atoms with E-state index in [9.17, 15) is 9.59 Å². The van der Waals surface area contributed by atoms with Gasteiger partial charge in [-0.25, -0.2) is 4.79 Å². The molecule has 0 bridgehead atoms. The minimum Gasteiger partial charge on any atom is -0.319 e. The highest BCUT2D eigenvalue weighted by Gasteiger charge is 2.49. The summed E-state index contributed by atoms with van der Waals surface area (Å²) in [5.41, 5.74) is -0.148. The molecular formula is C17H18N2O2. The van der Waals surface area contributed by atoms with Crippen molar-refractivity contribution in [2.45, 2.75) is 25.8 Å². The molecule has 108 valence electrons. The monoisotopic (exact) mass is 282 g/mol. The summed E-state index contributed by atoms with van der Waals surface area (Å²) in [6, 6.07) is 13.4. The second-order valence-electron chi connectivity index (χ2n) is 5.54. The van der Waals surface area contributed by atoms with Gasteiger partial charge in [0.25, 0.3) is 5.91 Å². The predicted octanol–water partition coefficient (Wildman–Crippen LogP) is 3.02. The number of hydrogen-bond donors (Lipinski definition) is 1. The first kappa shape index (κ1) is 13.6. The maximum atomic E-state index is 12.7. The number of carbonyl (C=O) groups is 2. The van der Waals surface area contributed by atoms with Crippen molar-refractivity contribution in [2.24, 2.45) is 0 Å². The van der Waals surface area contributed by atoms with Gasteiger partial charge in [-0.15, -0.1) is 0 Å². The molecule has 2 aromatic carbocycles. The Hall–Kier alpha value is -2.36. The van der Waals surface area contributed by atoms with Crippen LogP contribution in [0.2, 0.25) is 0 Å². The number of hydrogen-bond acceptors (Lipinski definition) is 2. The number of nitrogens with zero attached hydrogens (tertiary/aromatic N) is 1. The lowest BCUT2D eigenvalue weighted by atomic mass is 9.88. The average Bonchev–Trinajstić information content (AvgIpc) is 2.71. The minimum absolute atomic E-state index is 0.175. The molecule has 3 amide bonds. The molecule has 1 aliphatic heterocycles. The first-order valence-electron chi connectivity index (χ1n) is 7.20. The molecule has 0 spiro atoms. The smallest absolute Gasteiger partial charge is 0.319 e. The highest BCUT2D eigenvalue weighted by molar-refractivity contribution is 6.09. The van der Waals surface area contributed by atoms with E-state index in [0.717, 1.165) is 22.8 Å². The van der Waals surface area contributed by atoms with Gasteiger partial charge in [-0.1, -0.05) is 49.4 Å². The minimum atomic E-state index is -0.993. The van der Waals surface area contributed by atoms with Crippen molar-refractivity contribution < 1.29 is 9.59 Å². The van der Waals surface area contributed by atoms with E-state index in [1.807, 2.05) is 49.4 Å². The summed E-state index contributed by atoms with van der Waals surface area (Å²) in [5.74, 6) is -0.175. The molecule has 0 radical (unpaired) electrons. The third-order valence-electron chi connectivity index (χ3n) is 4.05. The molecule has 1 atom stereocenters. The van der Waals surface area contributed by atoms with Crippen molar-refractivity contribution in [3.8, 4) is 0 Å². The molecule has 4 nitrogen and oxygen atoms in total. The van der Waals surface area contributed by atoms with Crippen LogP contribution in [0.4, 0.5) is 4.79 Å². The quantitative estimate of drug-likeness (QED) is 0.880. The van der Waals surface area contributed by atoms with E-state index in [1.165, 1.54) is 4.90 Å². The number of imide groups is 1. The maximum Gasteiger partial charge on any atom is 0.325 e. The summed E-state index contributed by atoms with van der Waals surface area (Å²) >= 11 is 0. The van der Waals surface area contributed by atoms with Crippen LogP contribution >= 0.6 is 0 Å². The zero-order chi connectivity index (χ0) is 15.0. The van der Waals surface area contributed by atoms with E-state index < -0.39 is 5.54 Å². The third-order valence-corrected chi connectivity index (χ3v) is 4.05. The zero-order valence-corrected chi connectivity index (χ0v) is 12.2. The Morgan fingerprint density at radius 2 is 1.81 bits per heavy atom. The number of urea groups is 1. The van der Waals surface area contributed by atoms with Gasteiger partial charge in [0, 0.05) is 6.54 Å². The normalized spacial score (nSPS) is 21.9. The van der Waals surface area contributed by atoms with Crippen LogP contribution in [-0.2, 0) is 10.3 Å². The van der Waals surface area contributed by atoms with Crippen LogP contribution in [0.1, 0.15) is 25.8 Å². The van der Waals surface area contributed by atoms with Gasteiger partial charge in [-0.3, -0.25) is 9.69 Å². The van der Waals surface area contributed by atoms with E-state index in [1.54, 1.807) is 6.92 Å². The van der Waals surface area contributed by atoms with Crippen LogP contribution < -0.4 is 5.32 Å². The van der Waals surface area contributed by atoms with E-state index in [-0.39, 0.29) is 11.9 Å². The van der Waals surface area contributed by atoms with Crippen LogP contribution in [-0.4, -0.2) is 23.4 Å². The summed E-state index contributed by atoms with van der Waals surface area (Å²) in [5, 5.41) is 4.92. The highest BCUT2D eigenvalue weighted by atomic mass is 16.2. The van der Waals surface area contributed by atoms with Crippen molar-refractivity contribution >= 4 is 22.7 Å². The molecule has 1 heterocycles. The number of fused-ring (bicyclic) bond motifs is 1. The van der Waals surface area contributed by atoms with Crippen LogP contribution in [0.15, 0.2) is 42.5 Å². The Labute approximate surface area is 123 Å². The van der Waals surface area contributed by atoms with Gasteiger partial charge < -0.3 is 5.32 Å². The van der Waals surface area contributed by atoms with E-state index in [4.69, 9.17) is 0 Å². The maximum absolute atomic E-state index is 12.7. The first-order valence-corrected chi connectivity index (χ1v) is 7.20. The summed E-state index contributed by atoms with van der Waals surface area (Å²) in [6.07, 6.45) is 0.755. The van der Waals surface area contributed by atoms with Crippen LogP contribution in [0.25, 0.3) is 10.8 Å². The van der Waals surface area contributed by atoms with E-state index >= 15 is 0 Å². The first-order chi connectivity index (χ1) is 10.1. The van der Waals surface area contributed by atoms with Crippen molar-refractivity contribution in [1.29, 1.82) is 0 Å². The molecule has 0 aliphatic carbocycles. The second-order valence-corrected chi connectivity index (χ2v) is 5.54. The molecular weight excluding hydrogens is 264 g/mol. The van der Waals surface area contributed by atoms with Crippen molar-refractivity contribution in [1.82, 2.24) is 10.2 Å². The molecule has 1 fully saturated rings. The van der Waals surface area contributed by atoms with Crippen molar-refractivity contribution in [3.63, 3.8) is 0 Å². The topological polar surface area (TPSA) is 49.4 Å². The Balaban J connectivity index is 2.14. The van der Waals surface area contributed by atoms with Crippen LogP contribution in [0.5, 0.6) is 0 Å². The molecule has 2 aromatic rings. The number of amides is 3. The highest BCUT2D eigenvalue weighted by Crippen LogP contribution is 2.33. The fraction of sp³-hybridized carbons (Fsp3) is 0.294. The third kappa shape index (κ3) is 1.98. The lowest BCUT2D eigenvalue weighted by Gasteiger charge is -2.24. The largest absolute Gasteiger partial charge is 0.325 e. The Bertz CT molecular complexity index is 720. The predicted molar refractivity (Wildman–Crippen MR) is 81.8 cm³/mol. The molecule has 4 heteroatoms. The number of nitrogens with one attached hydrogen (secondary N) is 1. The number of carbonyl (C=O) groups excluding carboxylic acids is 2. The lowest BCUT2D eigenvalue weighted by Crippen LogP contribution is -2.41. The van der Waals surface area contributed by atoms with Crippen molar-refractivity contribution in [3.05, 3.63) is 48.0 Å². The van der Waals surface area contributed by atoms with Gasteiger partial charge in [0.2, 0.25) is 0 Å². The number of rotatable bonds is 3. The Kier molecular flexibility index (Phi) is 3.16. The SMILES string of the molecule is CCCN1C(=O)N[C@](C)(c2cccc3ccccc23)C1=O. The van der Waals surface area contributed by atoms with Gasteiger partial charge in [-0.2, -0.15) is 0 Å². The van der Waals surface area contributed by atoms with Crippen molar-refractivity contribution in [2.75, 3.05) is 6.54 Å². The molecule has 1 saturated heterocycles. The van der Waals surface area contributed by atoms with Gasteiger partial charge in [0.05, 0.1) is 0 Å². The van der Waals surface area contributed by atoms with Gasteiger partial charge in [-0.05, 0) is 29.7 Å². The summed E-state index contributed by atoms with van der Waals surface area (Å²) in [6.45, 7) is 4.18. The summed E-state index contributed by atoms with van der Waals surface area (Å²) in [4.78, 5) is 26.1. The standard InChI is InChI=1S/C17H18N2O2/c1-3-11-19-15(20)17(2,18-16(19)21)14-10-6-8-12-7-4-5-9-13(12)14/h4-10H,3,11H2,1-2H3,(H,18,21)/t17-/m1/s1. The van der Waals surface area contributed by atoms with E-state index in [2.05, 4.69) is 5.32 Å². The van der Waals surface area contributed by atoms with Gasteiger partial charge in [0.15, 0.2) is 0 Å². The summed E-state index contributed by atoms with van der Waals surface area (Å²) in [7, 11) is 0. The fourth-order valence-corrected chi connectivity index (χ4v) is 2.97. The molecule has 0 saturated carbocycles. The molecule has 21 heavy (non-hydrogen) atoms. The molecule has 1 N–H and O–H groups in total. The fourth-order valence-electron chi connectivity index (χ4n) is 2.97. The molecule has 0 aromatic heterocycles. The second kappa shape index (κ2) is 4.88. The molecule has 0 unspecified atom stereocenters. The molecule has 1 aliphatic rings. The lowest BCUT2D eigenvalue weighted by molar-refractivity contribution is -0.131. The van der Waals surface area contributed by atoms with Crippen LogP contribution in [0.3, 0.4) is 0 Å². The Morgan fingerprint density at radius 1 is 1.10 bits per heavy atom. The zero-order valence-electron chi connectivity index (χ0n) is 12.2. The molecule has 3 rings (SSSR count).